The molecule has 1 N–H and O–H groups in total. The summed E-state index contributed by atoms with van der Waals surface area (Å²) in [7, 11) is 0. The fraction of sp³-hybridized carbons (Fsp3) is 0.379. The highest BCUT2D eigenvalue weighted by molar-refractivity contribution is 5.85. The number of nitrogens with zero attached hydrogens (tertiary/aromatic N) is 1. The first-order valence-electron chi connectivity index (χ1n) is 12.0. The number of hydrogen-bond acceptors (Lipinski definition) is 2. The van der Waals surface area contributed by atoms with Gasteiger partial charge in [0.15, 0.2) is 0 Å². The summed E-state index contributed by atoms with van der Waals surface area (Å²) in [6.07, 6.45) is 5.22. The quantitative estimate of drug-likeness (QED) is 0.430. The van der Waals surface area contributed by atoms with Crippen LogP contribution in [0, 0.1) is 5.92 Å². The number of hydrogen-bond donors (Lipinski definition) is 1. The van der Waals surface area contributed by atoms with Gasteiger partial charge < -0.3 is 10.2 Å². The Kier molecular flexibility index (Phi) is 9.82. The van der Waals surface area contributed by atoms with E-state index in [9.17, 15) is 0 Å². The normalized spacial score (nSPS) is 18.7. The van der Waals surface area contributed by atoms with Crippen molar-refractivity contribution in [2.45, 2.75) is 37.6 Å². The number of benzene rings is 3. The third kappa shape index (κ3) is 6.19. The van der Waals surface area contributed by atoms with Crippen LogP contribution < -0.4 is 5.32 Å². The fourth-order valence-corrected chi connectivity index (χ4v) is 5.70. The molecule has 0 aromatic heterocycles. The minimum Gasteiger partial charge on any atom is -0.317 e. The highest BCUT2D eigenvalue weighted by Crippen LogP contribution is 2.39. The molecule has 0 aliphatic carbocycles. The summed E-state index contributed by atoms with van der Waals surface area (Å²) < 4.78 is 0. The van der Waals surface area contributed by atoms with Gasteiger partial charge in [-0.15, -0.1) is 24.8 Å². The van der Waals surface area contributed by atoms with Gasteiger partial charge in [0, 0.05) is 12.0 Å². The van der Waals surface area contributed by atoms with Crippen molar-refractivity contribution in [3.8, 4) is 11.1 Å². The Morgan fingerprint density at radius 1 is 0.606 bits per heavy atom. The third-order valence-corrected chi connectivity index (χ3v) is 7.41. The molecule has 176 valence electrons. The summed E-state index contributed by atoms with van der Waals surface area (Å²) in [6.45, 7) is 4.87. The van der Waals surface area contributed by atoms with Crippen molar-refractivity contribution >= 4 is 24.8 Å². The maximum Gasteiger partial charge on any atom is 0.0119 e. The second-order valence-electron chi connectivity index (χ2n) is 9.23. The number of rotatable bonds is 5. The molecule has 0 radical (unpaired) electrons. The smallest absolute Gasteiger partial charge is 0.0119 e. The highest BCUT2D eigenvalue weighted by atomic mass is 35.5. The second-order valence-corrected chi connectivity index (χ2v) is 9.23. The van der Waals surface area contributed by atoms with Crippen molar-refractivity contribution in [2.75, 3.05) is 26.2 Å². The minimum absolute atomic E-state index is 0. The monoisotopic (exact) mass is 482 g/mol. The molecule has 2 saturated heterocycles. The Hall–Kier alpha value is -1.84. The van der Waals surface area contributed by atoms with Crippen LogP contribution in [0.2, 0.25) is 0 Å². The van der Waals surface area contributed by atoms with Crippen LogP contribution in [0.4, 0.5) is 0 Å². The predicted octanol–water partition coefficient (Wildman–Crippen LogP) is 6.79. The standard InChI is InChI=1S/C29H34N2.2ClH/c1-3-7-23(8-4-1)24-11-13-26(14-12-24)29(25-9-5-2-6-10-25)27-17-21-31(22-18-27)28-15-19-30-20-16-28;;/h1-14,27-30H,15-22H2;2*1H. The molecule has 0 bridgehead atoms. The average Bonchev–Trinajstić information content (AvgIpc) is 2.87. The molecule has 2 heterocycles. The molecule has 4 heteroatoms. The van der Waals surface area contributed by atoms with E-state index in [0.29, 0.717) is 11.8 Å². The topological polar surface area (TPSA) is 15.3 Å². The van der Waals surface area contributed by atoms with Gasteiger partial charge in [-0.1, -0.05) is 84.9 Å². The van der Waals surface area contributed by atoms with Crippen LogP contribution >= 0.6 is 24.8 Å². The Balaban J connectivity index is 0.00000153. The molecular weight excluding hydrogens is 447 g/mol. The summed E-state index contributed by atoms with van der Waals surface area (Å²) in [4.78, 5) is 2.78. The van der Waals surface area contributed by atoms with Crippen molar-refractivity contribution in [3.63, 3.8) is 0 Å². The van der Waals surface area contributed by atoms with E-state index in [2.05, 4.69) is 95.1 Å². The minimum atomic E-state index is 0. The van der Waals surface area contributed by atoms with Crippen molar-refractivity contribution in [3.05, 3.63) is 96.1 Å². The Bertz CT molecular complexity index is 932. The van der Waals surface area contributed by atoms with Gasteiger partial charge >= 0.3 is 0 Å². The maximum atomic E-state index is 3.51. The van der Waals surface area contributed by atoms with Gasteiger partial charge in [-0.05, 0) is 80.0 Å². The summed E-state index contributed by atoms with van der Waals surface area (Å²) in [6, 6.07) is 32.1. The van der Waals surface area contributed by atoms with Crippen LogP contribution in [-0.2, 0) is 0 Å². The molecule has 2 aliphatic rings. The molecule has 5 rings (SSSR count). The molecule has 2 fully saturated rings. The van der Waals surface area contributed by atoms with E-state index in [0.717, 1.165) is 6.04 Å². The van der Waals surface area contributed by atoms with Gasteiger partial charge in [0.1, 0.15) is 0 Å². The van der Waals surface area contributed by atoms with E-state index in [1.165, 1.54) is 74.1 Å². The van der Waals surface area contributed by atoms with E-state index >= 15 is 0 Å². The zero-order chi connectivity index (χ0) is 20.9. The van der Waals surface area contributed by atoms with Crippen LogP contribution in [0.3, 0.4) is 0 Å². The van der Waals surface area contributed by atoms with Crippen LogP contribution in [0.5, 0.6) is 0 Å². The van der Waals surface area contributed by atoms with Gasteiger partial charge in [-0.3, -0.25) is 0 Å². The molecule has 0 spiro atoms. The summed E-state index contributed by atoms with van der Waals surface area (Å²) in [5.74, 6) is 1.20. The number of piperidine rings is 2. The lowest BCUT2D eigenvalue weighted by Crippen LogP contribution is -2.47. The Morgan fingerprint density at radius 2 is 1.12 bits per heavy atom. The van der Waals surface area contributed by atoms with Crippen LogP contribution in [-0.4, -0.2) is 37.1 Å². The SMILES string of the molecule is Cl.Cl.c1ccc(-c2ccc(C(c3ccccc3)C3CCN(C4CCNCC4)CC3)cc2)cc1. The maximum absolute atomic E-state index is 3.51. The first-order valence-corrected chi connectivity index (χ1v) is 12.0. The van der Waals surface area contributed by atoms with E-state index in [1.807, 2.05) is 0 Å². The van der Waals surface area contributed by atoms with Gasteiger partial charge in [0.2, 0.25) is 0 Å². The van der Waals surface area contributed by atoms with Crippen molar-refractivity contribution < 1.29 is 0 Å². The summed E-state index contributed by atoms with van der Waals surface area (Å²) in [5, 5.41) is 3.51. The Morgan fingerprint density at radius 3 is 1.73 bits per heavy atom. The zero-order valence-electron chi connectivity index (χ0n) is 19.2. The number of likely N-dealkylation sites (tertiary alicyclic amines) is 1. The second kappa shape index (κ2) is 12.6. The molecule has 2 nitrogen and oxygen atoms in total. The molecule has 3 aromatic rings. The Labute approximate surface area is 211 Å². The molecule has 3 aromatic carbocycles. The first-order chi connectivity index (χ1) is 15.4. The number of nitrogens with one attached hydrogen (secondary N) is 1. The van der Waals surface area contributed by atoms with E-state index in [-0.39, 0.29) is 24.8 Å². The third-order valence-electron chi connectivity index (χ3n) is 7.41. The van der Waals surface area contributed by atoms with Gasteiger partial charge in [0.05, 0.1) is 0 Å². The lowest BCUT2D eigenvalue weighted by Gasteiger charge is -2.41. The van der Waals surface area contributed by atoms with Crippen molar-refractivity contribution in [2.24, 2.45) is 5.92 Å². The van der Waals surface area contributed by atoms with Crippen LogP contribution in [0.1, 0.15) is 42.7 Å². The van der Waals surface area contributed by atoms with Crippen LogP contribution in [0.25, 0.3) is 11.1 Å². The largest absolute Gasteiger partial charge is 0.317 e. The van der Waals surface area contributed by atoms with E-state index in [4.69, 9.17) is 0 Å². The van der Waals surface area contributed by atoms with Gasteiger partial charge in [-0.25, -0.2) is 0 Å². The predicted molar refractivity (Wildman–Crippen MR) is 145 cm³/mol. The molecular formula is C29H36Cl2N2. The molecule has 2 aliphatic heterocycles. The summed E-state index contributed by atoms with van der Waals surface area (Å²) >= 11 is 0. The first kappa shape index (κ1) is 25.8. The lowest BCUT2D eigenvalue weighted by molar-refractivity contribution is 0.106. The summed E-state index contributed by atoms with van der Waals surface area (Å²) in [5.41, 5.74) is 5.53. The van der Waals surface area contributed by atoms with Gasteiger partial charge in [-0.2, -0.15) is 0 Å². The average molecular weight is 484 g/mol. The van der Waals surface area contributed by atoms with Gasteiger partial charge in [0.25, 0.3) is 0 Å². The van der Waals surface area contributed by atoms with Crippen LogP contribution in [0.15, 0.2) is 84.9 Å². The molecule has 33 heavy (non-hydrogen) atoms. The molecule has 1 unspecified atom stereocenters. The van der Waals surface area contributed by atoms with E-state index in [1.54, 1.807) is 0 Å². The highest BCUT2D eigenvalue weighted by Gasteiger charge is 2.31. The fourth-order valence-electron chi connectivity index (χ4n) is 5.70. The molecule has 0 saturated carbocycles. The molecule has 1 atom stereocenters. The van der Waals surface area contributed by atoms with Crippen molar-refractivity contribution in [1.29, 1.82) is 0 Å². The zero-order valence-corrected chi connectivity index (χ0v) is 20.9. The van der Waals surface area contributed by atoms with Crippen molar-refractivity contribution in [1.82, 2.24) is 10.2 Å². The van der Waals surface area contributed by atoms with E-state index < -0.39 is 0 Å². The lowest BCUT2D eigenvalue weighted by atomic mass is 9.75. The number of halogens is 2. The molecule has 0 amide bonds.